The van der Waals surface area contributed by atoms with E-state index in [1.54, 1.807) is 0 Å². The molecular formula is C13H22N2O3. The lowest BCUT2D eigenvalue weighted by Gasteiger charge is -2.14. The normalized spacial score (nSPS) is 15.8. The van der Waals surface area contributed by atoms with E-state index in [1.807, 2.05) is 0 Å². The van der Waals surface area contributed by atoms with Crippen LogP contribution in [0.3, 0.4) is 0 Å². The van der Waals surface area contributed by atoms with Crippen LogP contribution >= 0.6 is 0 Å². The number of unbranched alkanes of at least 4 members (excludes halogenated alkanes) is 2. The molecule has 0 aromatic rings. The summed E-state index contributed by atoms with van der Waals surface area (Å²) in [6, 6.07) is -0.673. The summed E-state index contributed by atoms with van der Waals surface area (Å²) in [5, 5.41) is 5.06. The van der Waals surface area contributed by atoms with Crippen molar-refractivity contribution in [2.45, 2.75) is 51.5 Å². The van der Waals surface area contributed by atoms with Gasteiger partial charge in [-0.05, 0) is 25.2 Å². The van der Waals surface area contributed by atoms with Crippen LogP contribution in [0.25, 0.3) is 0 Å². The van der Waals surface area contributed by atoms with Gasteiger partial charge < -0.3 is 10.6 Å². The Morgan fingerprint density at radius 3 is 2.61 bits per heavy atom. The molecule has 1 fully saturated rings. The molecule has 1 aliphatic carbocycles. The highest BCUT2D eigenvalue weighted by molar-refractivity contribution is 6.38. The van der Waals surface area contributed by atoms with Gasteiger partial charge >= 0.3 is 0 Å². The van der Waals surface area contributed by atoms with Crippen molar-refractivity contribution in [2.24, 2.45) is 5.92 Å². The lowest BCUT2D eigenvalue weighted by Crippen LogP contribution is -2.45. The van der Waals surface area contributed by atoms with Crippen LogP contribution in [-0.2, 0) is 14.4 Å². The smallest absolute Gasteiger partial charge is 0.289 e. The number of amides is 2. The fourth-order valence-corrected chi connectivity index (χ4v) is 1.78. The van der Waals surface area contributed by atoms with E-state index in [2.05, 4.69) is 17.6 Å². The number of rotatable bonds is 10. The highest BCUT2D eigenvalue weighted by Crippen LogP contribution is 2.27. The zero-order chi connectivity index (χ0) is 13.4. The molecule has 1 atom stereocenters. The topological polar surface area (TPSA) is 75.3 Å². The van der Waals surface area contributed by atoms with E-state index in [4.69, 9.17) is 0 Å². The highest BCUT2D eigenvalue weighted by Gasteiger charge is 2.27. The first kappa shape index (κ1) is 14.7. The van der Waals surface area contributed by atoms with Gasteiger partial charge in [-0.3, -0.25) is 14.4 Å². The zero-order valence-electron chi connectivity index (χ0n) is 10.9. The van der Waals surface area contributed by atoms with E-state index >= 15 is 0 Å². The van der Waals surface area contributed by atoms with Crippen molar-refractivity contribution in [1.82, 2.24) is 10.6 Å². The van der Waals surface area contributed by atoms with Crippen LogP contribution in [0.5, 0.6) is 0 Å². The van der Waals surface area contributed by atoms with Gasteiger partial charge in [0.05, 0.1) is 6.04 Å². The first-order valence-electron chi connectivity index (χ1n) is 6.70. The van der Waals surface area contributed by atoms with Gasteiger partial charge in [0.1, 0.15) is 0 Å². The zero-order valence-corrected chi connectivity index (χ0v) is 10.9. The largest absolute Gasteiger partial charge is 0.349 e. The predicted octanol–water partition coefficient (Wildman–Crippen LogP) is 0.777. The molecule has 102 valence electrons. The standard InChI is InChI=1S/C13H22N2O3/c1-2-3-4-5-11(15-9-16)12(17)13(18)14-8-10-6-7-10/h9-11H,2-8H2,1H3,(H,14,18)(H,15,16). The second kappa shape index (κ2) is 7.84. The first-order chi connectivity index (χ1) is 8.69. The molecule has 1 aliphatic rings. The highest BCUT2D eigenvalue weighted by atomic mass is 16.2. The van der Waals surface area contributed by atoms with Crippen LogP contribution in [0, 0.1) is 5.92 Å². The molecule has 1 saturated carbocycles. The van der Waals surface area contributed by atoms with Crippen molar-refractivity contribution in [3.05, 3.63) is 0 Å². The molecule has 0 aromatic heterocycles. The van der Waals surface area contributed by atoms with Gasteiger partial charge in [-0.1, -0.05) is 26.2 Å². The van der Waals surface area contributed by atoms with Crippen molar-refractivity contribution in [1.29, 1.82) is 0 Å². The average Bonchev–Trinajstić information content (AvgIpc) is 3.18. The predicted molar refractivity (Wildman–Crippen MR) is 67.9 cm³/mol. The summed E-state index contributed by atoms with van der Waals surface area (Å²) in [4.78, 5) is 33.9. The van der Waals surface area contributed by atoms with E-state index in [-0.39, 0.29) is 0 Å². The molecule has 0 heterocycles. The first-order valence-corrected chi connectivity index (χ1v) is 6.70. The monoisotopic (exact) mass is 254 g/mol. The molecule has 0 saturated heterocycles. The SMILES string of the molecule is CCCCCC(NC=O)C(=O)C(=O)NCC1CC1. The summed E-state index contributed by atoms with van der Waals surface area (Å²) < 4.78 is 0. The minimum atomic E-state index is -0.673. The summed E-state index contributed by atoms with van der Waals surface area (Å²) in [5.41, 5.74) is 0. The van der Waals surface area contributed by atoms with Crippen molar-refractivity contribution in [2.75, 3.05) is 6.54 Å². The number of hydrogen-bond donors (Lipinski definition) is 2. The number of Topliss-reactive ketones (excluding diaryl/α,β-unsaturated/α-hetero) is 1. The molecule has 2 amide bonds. The maximum Gasteiger partial charge on any atom is 0.289 e. The van der Waals surface area contributed by atoms with Crippen molar-refractivity contribution in [3.8, 4) is 0 Å². The Kier molecular flexibility index (Phi) is 6.39. The third-order valence-corrected chi connectivity index (χ3v) is 3.15. The van der Waals surface area contributed by atoms with E-state index in [0.717, 1.165) is 32.1 Å². The molecule has 1 rings (SSSR count). The van der Waals surface area contributed by atoms with Crippen molar-refractivity contribution < 1.29 is 14.4 Å². The van der Waals surface area contributed by atoms with Gasteiger partial charge in [0, 0.05) is 6.54 Å². The number of nitrogens with one attached hydrogen (secondary N) is 2. The summed E-state index contributed by atoms with van der Waals surface area (Å²) in [7, 11) is 0. The quantitative estimate of drug-likeness (QED) is 0.343. The third-order valence-electron chi connectivity index (χ3n) is 3.15. The third kappa shape index (κ3) is 5.29. The Morgan fingerprint density at radius 2 is 2.06 bits per heavy atom. The number of carbonyl (C=O) groups is 3. The fraction of sp³-hybridized carbons (Fsp3) is 0.769. The minimum absolute atomic E-state index is 0.489. The molecule has 18 heavy (non-hydrogen) atoms. The molecular weight excluding hydrogens is 232 g/mol. The van der Waals surface area contributed by atoms with Crippen LogP contribution in [0.2, 0.25) is 0 Å². The molecule has 0 aromatic carbocycles. The second-order valence-corrected chi connectivity index (χ2v) is 4.85. The van der Waals surface area contributed by atoms with Gasteiger partial charge in [0.15, 0.2) is 0 Å². The Morgan fingerprint density at radius 1 is 1.33 bits per heavy atom. The molecule has 0 bridgehead atoms. The molecule has 2 N–H and O–H groups in total. The van der Waals surface area contributed by atoms with Gasteiger partial charge in [-0.2, -0.15) is 0 Å². The molecule has 5 nitrogen and oxygen atoms in total. The van der Waals surface area contributed by atoms with E-state index < -0.39 is 17.7 Å². The van der Waals surface area contributed by atoms with Crippen LogP contribution in [0.1, 0.15) is 45.4 Å². The maximum atomic E-state index is 11.8. The van der Waals surface area contributed by atoms with Gasteiger partial charge in [0.25, 0.3) is 5.91 Å². The van der Waals surface area contributed by atoms with E-state index in [9.17, 15) is 14.4 Å². The summed E-state index contributed by atoms with van der Waals surface area (Å²) >= 11 is 0. The van der Waals surface area contributed by atoms with Crippen LogP contribution < -0.4 is 10.6 Å². The average molecular weight is 254 g/mol. The van der Waals surface area contributed by atoms with Gasteiger partial charge in [-0.25, -0.2) is 0 Å². The van der Waals surface area contributed by atoms with E-state index in [1.165, 1.54) is 0 Å². The molecule has 5 heteroatoms. The van der Waals surface area contributed by atoms with Crippen LogP contribution in [0.4, 0.5) is 0 Å². The lowest BCUT2D eigenvalue weighted by atomic mass is 10.0. The lowest BCUT2D eigenvalue weighted by molar-refractivity contribution is -0.139. The molecule has 0 aliphatic heterocycles. The second-order valence-electron chi connectivity index (χ2n) is 4.85. The summed E-state index contributed by atoms with van der Waals surface area (Å²) in [6.45, 7) is 2.64. The Hall–Kier alpha value is -1.39. The summed E-state index contributed by atoms with van der Waals surface area (Å²) in [6.07, 6.45) is 6.14. The molecule has 0 spiro atoms. The van der Waals surface area contributed by atoms with E-state index in [0.29, 0.717) is 25.3 Å². The number of hydrogen-bond acceptors (Lipinski definition) is 3. The number of ketones is 1. The van der Waals surface area contributed by atoms with Crippen molar-refractivity contribution >= 4 is 18.1 Å². The molecule has 1 unspecified atom stereocenters. The fourth-order valence-electron chi connectivity index (χ4n) is 1.78. The maximum absolute atomic E-state index is 11.8. The van der Waals surface area contributed by atoms with Crippen molar-refractivity contribution in [3.63, 3.8) is 0 Å². The minimum Gasteiger partial charge on any atom is -0.349 e. The van der Waals surface area contributed by atoms with Gasteiger partial charge in [0.2, 0.25) is 12.2 Å². The Balaban J connectivity index is 2.35. The number of carbonyl (C=O) groups excluding carboxylic acids is 3. The molecule has 0 radical (unpaired) electrons. The van der Waals surface area contributed by atoms with Gasteiger partial charge in [-0.15, -0.1) is 0 Å². The van der Waals surface area contributed by atoms with Crippen LogP contribution in [0.15, 0.2) is 0 Å². The Labute approximate surface area is 108 Å². The van der Waals surface area contributed by atoms with Crippen LogP contribution in [-0.4, -0.2) is 30.7 Å². The summed E-state index contributed by atoms with van der Waals surface area (Å²) in [5.74, 6) is -0.559. The Bertz CT molecular complexity index is 301.